The topological polar surface area (TPSA) is 46.6 Å². The first-order chi connectivity index (χ1) is 11.9. The molecular formula is C21H31NO3. The first-order valence-electron chi connectivity index (χ1n) is 9.96. The predicted octanol–water partition coefficient (Wildman–Crippen LogP) is 3.07. The van der Waals surface area contributed by atoms with Gasteiger partial charge in [0.05, 0.1) is 12.6 Å². The zero-order chi connectivity index (χ0) is 17.8. The third-order valence-corrected chi connectivity index (χ3v) is 7.01. The van der Waals surface area contributed by atoms with Crippen molar-refractivity contribution in [1.29, 1.82) is 0 Å². The van der Waals surface area contributed by atoms with Crippen LogP contribution >= 0.6 is 0 Å². The van der Waals surface area contributed by atoms with Gasteiger partial charge < -0.3 is 14.4 Å². The second-order valence-corrected chi connectivity index (χ2v) is 9.68. The molecule has 1 heterocycles. The lowest BCUT2D eigenvalue weighted by molar-refractivity contribution is -0.156. The van der Waals surface area contributed by atoms with Crippen molar-refractivity contribution in [2.75, 3.05) is 13.2 Å². The van der Waals surface area contributed by atoms with Crippen LogP contribution in [0.4, 0.5) is 0 Å². The van der Waals surface area contributed by atoms with Gasteiger partial charge in [-0.05, 0) is 54.3 Å². The molecule has 6 atom stereocenters. The molecule has 2 saturated carbocycles. The van der Waals surface area contributed by atoms with Gasteiger partial charge in [-0.1, -0.05) is 39.3 Å². The lowest BCUT2D eigenvalue weighted by Crippen LogP contribution is -2.50. The number of hydrogen-bond donors (Lipinski definition) is 0. The van der Waals surface area contributed by atoms with Crippen molar-refractivity contribution in [3.8, 4) is 0 Å². The van der Waals surface area contributed by atoms with Crippen LogP contribution in [0, 0.1) is 35.0 Å². The standard InChI is InChI=1S/C21H31NO3/c1-21(2,3)19(25-12-13-5-4-6-13)20(24)22-10-16-14-7-8-15(9-14)18(16)17(22)11-23/h7-8,11,13-19H,4-6,9-10,12H2,1-3H3. The Morgan fingerprint density at radius 2 is 2.00 bits per heavy atom. The quantitative estimate of drug-likeness (QED) is 0.568. The Morgan fingerprint density at radius 3 is 2.60 bits per heavy atom. The molecule has 0 N–H and O–H groups in total. The molecule has 1 saturated heterocycles. The Morgan fingerprint density at radius 1 is 1.28 bits per heavy atom. The third-order valence-electron chi connectivity index (χ3n) is 7.01. The Labute approximate surface area is 151 Å². The van der Waals surface area contributed by atoms with Gasteiger partial charge in [0, 0.05) is 6.54 Å². The van der Waals surface area contributed by atoms with E-state index in [1.54, 1.807) is 0 Å². The van der Waals surface area contributed by atoms with E-state index >= 15 is 0 Å². The summed E-state index contributed by atoms with van der Waals surface area (Å²) in [7, 11) is 0. The summed E-state index contributed by atoms with van der Waals surface area (Å²) in [6.45, 7) is 7.59. The minimum absolute atomic E-state index is 0.0257. The summed E-state index contributed by atoms with van der Waals surface area (Å²) in [4.78, 5) is 27.1. The van der Waals surface area contributed by atoms with Crippen molar-refractivity contribution in [3.05, 3.63) is 12.2 Å². The zero-order valence-corrected chi connectivity index (χ0v) is 15.7. The van der Waals surface area contributed by atoms with Crippen LogP contribution in [-0.4, -0.2) is 42.4 Å². The molecular weight excluding hydrogens is 314 g/mol. The van der Waals surface area contributed by atoms with Crippen LogP contribution in [0.1, 0.15) is 46.5 Å². The third kappa shape index (κ3) is 2.87. The van der Waals surface area contributed by atoms with Gasteiger partial charge in [-0.3, -0.25) is 4.79 Å². The molecule has 0 spiro atoms. The van der Waals surface area contributed by atoms with Crippen molar-refractivity contribution in [2.24, 2.45) is 35.0 Å². The van der Waals surface area contributed by atoms with Crippen molar-refractivity contribution < 1.29 is 14.3 Å². The fourth-order valence-corrected chi connectivity index (χ4v) is 5.42. The molecule has 25 heavy (non-hydrogen) atoms. The van der Waals surface area contributed by atoms with Gasteiger partial charge in [0.1, 0.15) is 12.4 Å². The summed E-state index contributed by atoms with van der Waals surface area (Å²) in [5, 5.41) is 0. The van der Waals surface area contributed by atoms with Gasteiger partial charge >= 0.3 is 0 Å². The van der Waals surface area contributed by atoms with Gasteiger partial charge in [-0.15, -0.1) is 0 Å². The molecule has 0 aromatic rings. The highest BCUT2D eigenvalue weighted by atomic mass is 16.5. The lowest BCUT2D eigenvalue weighted by atomic mass is 9.82. The minimum atomic E-state index is -0.458. The Kier molecular flexibility index (Phi) is 4.30. The first kappa shape index (κ1) is 17.3. The molecule has 1 aliphatic heterocycles. The molecule has 0 radical (unpaired) electrons. The van der Waals surface area contributed by atoms with Crippen molar-refractivity contribution in [2.45, 2.75) is 58.6 Å². The van der Waals surface area contributed by atoms with E-state index in [9.17, 15) is 9.59 Å². The fraction of sp³-hybridized carbons (Fsp3) is 0.810. The largest absolute Gasteiger partial charge is 0.368 e. The second kappa shape index (κ2) is 6.22. The normalized spacial score (nSPS) is 37.9. The van der Waals surface area contributed by atoms with Gasteiger partial charge in [0.25, 0.3) is 5.91 Å². The van der Waals surface area contributed by atoms with E-state index in [2.05, 4.69) is 32.9 Å². The molecule has 2 bridgehead atoms. The van der Waals surface area contributed by atoms with Crippen LogP contribution < -0.4 is 0 Å². The van der Waals surface area contributed by atoms with Gasteiger partial charge in [-0.25, -0.2) is 0 Å². The zero-order valence-electron chi connectivity index (χ0n) is 15.7. The molecule has 3 aliphatic carbocycles. The number of rotatable bonds is 5. The number of likely N-dealkylation sites (tertiary alicyclic amines) is 1. The highest BCUT2D eigenvalue weighted by Gasteiger charge is 2.56. The average Bonchev–Trinajstić information content (AvgIpc) is 3.18. The number of fused-ring (bicyclic) bond motifs is 5. The molecule has 6 unspecified atom stereocenters. The predicted molar refractivity (Wildman–Crippen MR) is 95.8 cm³/mol. The molecule has 0 aromatic carbocycles. The Balaban J connectivity index is 1.50. The molecule has 1 amide bonds. The van der Waals surface area contributed by atoms with E-state index in [1.807, 2.05) is 4.90 Å². The summed E-state index contributed by atoms with van der Waals surface area (Å²) >= 11 is 0. The van der Waals surface area contributed by atoms with Gasteiger partial charge in [0.15, 0.2) is 0 Å². The van der Waals surface area contributed by atoms with Gasteiger partial charge in [-0.2, -0.15) is 0 Å². The minimum Gasteiger partial charge on any atom is -0.368 e. The molecule has 4 nitrogen and oxygen atoms in total. The Bertz CT molecular complexity index is 574. The van der Waals surface area contributed by atoms with E-state index < -0.39 is 6.10 Å². The monoisotopic (exact) mass is 345 g/mol. The van der Waals surface area contributed by atoms with E-state index in [1.165, 1.54) is 25.7 Å². The van der Waals surface area contributed by atoms with Crippen LogP contribution in [0.25, 0.3) is 0 Å². The highest BCUT2D eigenvalue weighted by Crippen LogP contribution is 2.53. The van der Waals surface area contributed by atoms with Crippen molar-refractivity contribution in [3.63, 3.8) is 0 Å². The van der Waals surface area contributed by atoms with Crippen LogP contribution in [0.15, 0.2) is 12.2 Å². The van der Waals surface area contributed by atoms with E-state index in [-0.39, 0.29) is 17.4 Å². The van der Waals surface area contributed by atoms with E-state index in [0.717, 1.165) is 12.8 Å². The molecule has 4 rings (SSSR count). The first-order valence-corrected chi connectivity index (χ1v) is 9.96. The lowest BCUT2D eigenvalue weighted by Gasteiger charge is -2.36. The maximum atomic E-state index is 13.4. The average molecular weight is 345 g/mol. The van der Waals surface area contributed by atoms with Crippen LogP contribution in [-0.2, 0) is 14.3 Å². The number of carbonyl (C=O) groups is 2. The van der Waals surface area contributed by atoms with Crippen LogP contribution in [0.2, 0.25) is 0 Å². The maximum absolute atomic E-state index is 13.4. The van der Waals surface area contributed by atoms with Gasteiger partial charge in [0.2, 0.25) is 0 Å². The van der Waals surface area contributed by atoms with Crippen molar-refractivity contribution in [1.82, 2.24) is 4.90 Å². The number of allylic oxidation sites excluding steroid dienone is 2. The molecule has 138 valence electrons. The number of amides is 1. The van der Waals surface area contributed by atoms with E-state index in [4.69, 9.17) is 4.74 Å². The van der Waals surface area contributed by atoms with Crippen molar-refractivity contribution >= 4 is 12.2 Å². The SMILES string of the molecule is CC(C)(C)C(OCC1CCC1)C(=O)N1CC2C3C=CC(C3)C2C1C=O. The number of ether oxygens (including phenoxy) is 1. The summed E-state index contributed by atoms with van der Waals surface area (Å²) in [6.07, 6.45) is 10.0. The maximum Gasteiger partial charge on any atom is 0.252 e. The smallest absolute Gasteiger partial charge is 0.252 e. The summed E-state index contributed by atoms with van der Waals surface area (Å²) in [5.41, 5.74) is -0.261. The summed E-state index contributed by atoms with van der Waals surface area (Å²) in [5.74, 6) is 2.45. The molecule has 4 aliphatic rings. The molecule has 4 heteroatoms. The number of aldehydes is 1. The van der Waals surface area contributed by atoms with E-state index in [0.29, 0.717) is 36.2 Å². The summed E-state index contributed by atoms with van der Waals surface area (Å²) < 4.78 is 6.15. The number of hydrogen-bond acceptors (Lipinski definition) is 3. The Hall–Kier alpha value is -1.16. The number of carbonyl (C=O) groups excluding carboxylic acids is 2. The molecule has 0 aromatic heterocycles. The van der Waals surface area contributed by atoms with Crippen LogP contribution in [0.3, 0.4) is 0 Å². The van der Waals surface area contributed by atoms with Crippen LogP contribution in [0.5, 0.6) is 0 Å². The fourth-order valence-electron chi connectivity index (χ4n) is 5.42. The summed E-state index contributed by atoms with van der Waals surface area (Å²) in [6, 6.07) is -0.269. The molecule has 3 fully saturated rings. The number of nitrogens with zero attached hydrogens (tertiary/aromatic N) is 1. The second-order valence-electron chi connectivity index (χ2n) is 9.68. The highest BCUT2D eigenvalue weighted by molar-refractivity contribution is 5.85.